The summed E-state index contributed by atoms with van der Waals surface area (Å²) in [5.74, 6) is 0.838. The van der Waals surface area contributed by atoms with Crippen LogP contribution in [0, 0.1) is 0 Å². The maximum absolute atomic E-state index is 12.8. The molecule has 6 heteroatoms. The lowest BCUT2D eigenvalue weighted by atomic mass is 10.1. The Hall–Kier alpha value is -1.95. The molecule has 1 amide bonds. The number of nitrogens with one attached hydrogen (secondary N) is 1. The molecule has 0 radical (unpaired) electrons. The molecule has 0 aliphatic carbocycles. The van der Waals surface area contributed by atoms with Crippen molar-refractivity contribution < 1.29 is 13.9 Å². The van der Waals surface area contributed by atoms with Crippen molar-refractivity contribution in [2.24, 2.45) is 0 Å². The van der Waals surface area contributed by atoms with Gasteiger partial charge in [0.2, 0.25) is 0 Å². The highest BCUT2D eigenvalue weighted by molar-refractivity contribution is 7.98. The van der Waals surface area contributed by atoms with Crippen molar-refractivity contribution in [2.45, 2.75) is 29.6 Å². The Morgan fingerprint density at radius 3 is 2.78 bits per heavy atom. The van der Waals surface area contributed by atoms with E-state index < -0.39 is 0 Å². The quantitative estimate of drug-likeness (QED) is 0.570. The molecule has 4 nitrogen and oxygen atoms in total. The van der Waals surface area contributed by atoms with E-state index in [1.165, 1.54) is 0 Å². The van der Waals surface area contributed by atoms with Gasteiger partial charge >= 0.3 is 0 Å². The third-order valence-corrected chi connectivity index (χ3v) is 5.91. The van der Waals surface area contributed by atoms with Crippen molar-refractivity contribution >= 4 is 40.2 Å². The standard InChI is InChI=1S/C21H20ClNO3S/c22-14-7-9-16(10-8-14)27-13-18-17-5-1-2-6-19(17)26-20(18)21(24)23-12-15-4-3-11-25-15/h1-2,5-10,15H,3-4,11-13H2,(H,23,24). The third-order valence-electron chi connectivity index (χ3n) is 4.62. The van der Waals surface area contributed by atoms with Gasteiger partial charge in [0.25, 0.3) is 5.91 Å². The molecule has 4 rings (SSSR count). The molecule has 1 aliphatic heterocycles. The first-order chi connectivity index (χ1) is 13.2. The average molecular weight is 402 g/mol. The lowest BCUT2D eigenvalue weighted by Crippen LogP contribution is -2.32. The lowest BCUT2D eigenvalue weighted by molar-refractivity contribution is 0.0836. The molecule has 2 aromatic carbocycles. The van der Waals surface area contributed by atoms with Crippen LogP contribution in [0.5, 0.6) is 0 Å². The van der Waals surface area contributed by atoms with E-state index in [2.05, 4.69) is 5.32 Å². The molecule has 3 aromatic rings. The number of hydrogen-bond acceptors (Lipinski definition) is 4. The topological polar surface area (TPSA) is 51.5 Å². The normalized spacial score (nSPS) is 16.7. The number of para-hydroxylation sites is 1. The van der Waals surface area contributed by atoms with Crippen molar-refractivity contribution in [3.8, 4) is 0 Å². The van der Waals surface area contributed by atoms with Crippen LogP contribution in [0.4, 0.5) is 0 Å². The predicted molar refractivity (Wildman–Crippen MR) is 109 cm³/mol. The minimum Gasteiger partial charge on any atom is -0.451 e. The van der Waals surface area contributed by atoms with Gasteiger partial charge in [0, 0.05) is 39.8 Å². The van der Waals surface area contributed by atoms with E-state index >= 15 is 0 Å². The van der Waals surface area contributed by atoms with Crippen LogP contribution >= 0.6 is 23.4 Å². The second kappa shape index (κ2) is 8.38. The van der Waals surface area contributed by atoms with Crippen LogP contribution in [0.1, 0.15) is 29.0 Å². The highest BCUT2D eigenvalue weighted by atomic mass is 35.5. The van der Waals surface area contributed by atoms with Crippen molar-refractivity contribution in [1.82, 2.24) is 5.32 Å². The van der Waals surface area contributed by atoms with Crippen LogP contribution in [-0.4, -0.2) is 25.2 Å². The molecule has 1 fully saturated rings. The zero-order valence-electron chi connectivity index (χ0n) is 14.7. The number of benzene rings is 2. The Labute approximate surface area is 167 Å². The zero-order valence-corrected chi connectivity index (χ0v) is 16.3. The summed E-state index contributed by atoms with van der Waals surface area (Å²) >= 11 is 7.61. The van der Waals surface area contributed by atoms with E-state index in [0.717, 1.165) is 40.9 Å². The number of halogens is 1. The maximum atomic E-state index is 12.8. The highest BCUT2D eigenvalue weighted by Gasteiger charge is 2.22. The van der Waals surface area contributed by atoms with Crippen molar-refractivity contribution in [3.05, 3.63) is 64.9 Å². The summed E-state index contributed by atoms with van der Waals surface area (Å²) in [6, 6.07) is 15.5. The third kappa shape index (κ3) is 4.32. The molecule has 1 atom stereocenters. The molecule has 27 heavy (non-hydrogen) atoms. The molecule has 2 heterocycles. The van der Waals surface area contributed by atoms with Crippen LogP contribution in [-0.2, 0) is 10.5 Å². The molecule has 0 saturated carbocycles. The summed E-state index contributed by atoms with van der Waals surface area (Å²) in [7, 11) is 0. The zero-order chi connectivity index (χ0) is 18.6. The molecule has 1 saturated heterocycles. The molecule has 1 unspecified atom stereocenters. The number of furan rings is 1. The van der Waals surface area contributed by atoms with E-state index in [1.807, 2.05) is 48.5 Å². The Kier molecular flexibility index (Phi) is 5.72. The number of fused-ring (bicyclic) bond motifs is 1. The summed E-state index contributed by atoms with van der Waals surface area (Å²) < 4.78 is 11.5. The SMILES string of the molecule is O=C(NCC1CCCO1)c1oc2ccccc2c1CSc1ccc(Cl)cc1. The number of carbonyl (C=O) groups excluding carboxylic acids is 1. The highest BCUT2D eigenvalue weighted by Crippen LogP contribution is 2.32. The predicted octanol–water partition coefficient (Wildman–Crippen LogP) is 5.29. The van der Waals surface area contributed by atoms with E-state index in [-0.39, 0.29) is 12.0 Å². The van der Waals surface area contributed by atoms with Crippen molar-refractivity contribution in [2.75, 3.05) is 13.2 Å². The van der Waals surface area contributed by atoms with Crippen LogP contribution < -0.4 is 5.32 Å². The fraction of sp³-hybridized carbons (Fsp3) is 0.286. The molecule has 140 valence electrons. The number of amides is 1. The van der Waals surface area contributed by atoms with Crippen LogP contribution in [0.3, 0.4) is 0 Å². The summed E-state index contributed by atoms with van der Waals surface area (Å²) in [6.45, 7) is 1.29. The van der Waals surface area contributed by atoms with E-state index in [4.69, 9.17) is 20.8 Å². The largest absolute Gasteiger partial charge is 0.451 e. The summed E-state index contributed by atoms with van der Waals surface area (Å²) in [5, 5.41) is 4.65. The smallest absolute Gasteiger partial charge is 0.287 e. The first-order valence-corrected chi connectivity index (χ1v) is 10.4. The fourth-order valence-electron chi connectivity index (χ4n) is 3.20. The fourth-order valence-corrected chi connectivity index (χ4v) is 4.26. The van der Waals surface area contributed by atoms with Gasteiger partial charge in [-0.15, -0.1) is 11.8 Å². The monoisotopic (exact) mass is 401 g/mol. The summed E-state index contributed by atoms with van der Waals surface area (Å²) in [5.41, 5.74) is 1.64. The molecular formula is C21H20ClNO3S. The van der Waals surface area contributed by atoms with Gasteiger partial charge < -0.3 is 14.5 Å². The number of hydrogen-bond donors (Lipinski definition) is 1. The number of ether oxygens (including phenoxy) is 1. The second-order valence-electron chi connectivity index (χ2n) is 6.49. The molecule has 1 N–H and O–H groups in total. The summed E-state index contributed by atoms with van der Waals surface area (Å²) in [6.07, 6.45) is 2.14. The Morgan fingerprint density at radius 2 is 2.00 bits per heavy atom. The van der Waals surface area contributed by atoms with Gasteiger partial charge in [-0.25, -0.2) is 0 Å². The Bertz CT molecular complexity index is 932. The Balaban J connectivity index is 1.54. The molecule has 1 aliphatic rings. The molecule has 0 spiro atoms. The molecule has 0 bridgehead atoms. The molecular weight excluding hydrogens is 382 g/mol. The minimum atomic E-state index is -0.187. The van der Waals surface area contributed by atoms with Gasteiger partial charge in [0.15, 0.2) is 5.76 Å². The van der Waals surface area contributed by atoms with E-state index in [9.17, 15) is 4.79 Å². The second-order valence-corrected chi connectivity index (χ2v) is 7.98. The average Bonchev–Trinajstić information content (AvgIpc) is 3.33. The van der Waals surface area contributed by atoms with Crippen molar-refractivity contribution in [1.29, 1.82) is 0 Å². The first kappa shape index (κ1) is 18.4. The van der Waals surface area contributed by atoms with Crippen LogP contribution in [0.25, 0.3) is 11.0 Å². The van der Waals surface area contributed by atoms with Gasteiger partial charge in [0.05, 0.1) is 6.10 Å². The number of rotatable bonds is 6. The Morgan fingerprint density at radius 1 is 1.19 bits per heavy atom. The van der Waals surface area contributed by atoms with Crippen molar-refractivity contribution in [3.63, 3.8) is 0 Å². The van der Waals surface area contributed by atoms with E-state index in [0.29, 0.717) is 23.1 Å². The van der Waals surface area contributed by atoms with Gasteiger partial charge in [-0.05, 0) is 43.2 Å². The van der Waals surface area contributed by atoms with E-state index in [1.54, 1.807) is 11.8 Å². The lowest BCUT2D eigenvalue weighted by Gasteiger charge is -2.10. The van der Waals surface area contributed by atoms with Crippen LogP contribution in [0.2, 0.25) is 5.02 Å². The van der Waals surface area contributed by atoms with Gasteiger partial charge in [-0.3, -0.25) is 4.79 Å². The number of thioether (sulfide) groups is 1. The minimum absolute atomic E-state index is 0.102. The van der Waals surface area contributed by atoms with Gasteiger partial charge in [-0.1, -0.05) is 29.8 Å². The first-order valence-electron chi connectivity index (χ1n) is 8.99. The van der Waals surface area contributed by atoms with Gasteiger partial charge in [0.1, 0.15) is 5.58 Å². The maximum Gasteiger partial charge on any atom is 0.287 e. The van der Waals surface area contributed by atoms with Crippen LogP contribution in [0.15, 0.2) is 57.8 Å². The molecule has 1 aromatic heterocycles. The number of carbonyl (C=O) groups is 1. The summed E-state index contributed by atoms with van der Waals surface area (Å²) in [4.78, 5) is 13.9. The van der Waals surface area contributed by atoms with Gasteiger partial charge in [-0.2, -0.15) is 0 Å².